The molecule has 24 heavy (non-hydrogen) atoms. The highest BCUT2D eigenvalue weighted by molar-refractivity contribution is 7.12. The van der Waals surface area contributed by atoms with Crippen molar-refractivity contribution < 1.29 is 9.59 Å². The van der Waals surface area contributed by atoms with Gasteiger partial charge in [0, 0.05) is 26.2 Å². The van der Waals surface area contributed by atoms with Crippen LogP contribution in [0.4, 0.5) is 0 Å². The molecule has 0 radical (unpaired) electrons. The zero-order valence-electron chi connectivity index (χ0n) is 13.4. The highest BCUT2D eigenvalue weighted by atomic mass is 32.1. The van der Waals surface area contributed by atoms with Crippen LogP contribution in [0.5, 0.6) is 0 Å². The molecule has 0 spiro atoms. The molecule has 0 saturated carbocycles. The third-order valence-corrected chi connectivity index (χ3v) is 5.08. The van der Waals surface area contributed by atoms with E-state index in [9.17, 15) is 9.59 Å². The maximum atomic E-state index is 12.5. The standard InChI is InChI=1S/C18H21N3O2S/c19-15(13-14-5-2-1-3-6-14)17(22)20-8-10-21(11-9-20)18(23)16-7-4-12-24-16/h1-7,12,15H,8-11,13,19H2/t15-/m0/s1. The van der Waals surface area contributed by atoms with Crippen molar-refractivity contribution >= 4 is 23.2 Å². The Kier molecular flexibility index (Phi) is 5.27. The molecular formula is C18H21N3O2S. The van der Waals surface area contributed by atoms with E-state index in [0.29, 0.717) is 32.6 Å². The Morgan fingerprint density at radius 2 is 1.67 bits per heavy atom. The van der Waals surface area contributed by atoms with Crippen LogP contribution in [0.1, 0.15) is 15.2 Å². The van der Waals surface area contributed by atoms with Gasteiger partial charge in [-0.3, -0.25) is 9.59 Å². The van der Waals surface area contributed by atoms with Gasteiger partial charge in [0.25, 0.3) is 5.91 Å². The number of nitrogens with zero attached hydrogens (tertiary/aromatic N) is 2. The lowest BCUT2D eigenvalue weighted by Gasteiger charge is -2.35. The molecule has 2 heterocycles. The lowest BCUT2D eigenvalue weighted by atomic mass is 10.1. The fourth-order valence-electron chi connectivity index (χ4n) is 2.88. The van der Waals surface area contributed by atoms with Gasteiger partial charge >= 0.3 is 0 Å². The molecular weight excluding hydrogens is 322 g/mol. The number of carbonyl (C=O) groups is 2. The lowest BCUT2D eigenvalue weighted by Crippen LogP contribution is -2.54. The van der Waals surface area contributed by atoms with Gasteiger partial charge in [0.2, 0.25) is 5.91 Å². The van der Waals surface area contributed by atoms with Gasteiger partial charge in [-0.05, 0) is 23.4 Å². The van der Waals surface area contributed by atoms with Crippen molar-refractivity contribution in [1.29, 1.82) is 0 Å². The molecule has 1 aliphatic heterocycles. The van der Waals surface area contributed by atoms with Gasteiger partial charge in [-0.25, -0.2) is 0 Å². The molecule has 1 aromatic carbocycles. The van der Waals surface area contributed by atoms with Crippen molar-refractivity contribution in [3.8, 4) is 0 Å². The van der Waals surface area contributed by atoms with E-state index in [-0.39, 0.29) is 11.8 Å². The van der Waals surface area contributed by atoms with Gasteiger partial charge in [0.05, 0.1) is 10.9 Å². The van der Waals surface area contributed by atoms with Crippen LogP contribution in [-0.4, -0.2) is 53.8 Å². The SMILES string of the molecule is N[C@@H](Cc1ccccc1)C(=O)N1CCN(C(=O)c2cccs2)CC1. The van der Waals surface area contributed by atoms with Crippen molar-refractivity contribution in [2.75, 3.05) is 26.2 Å². The van der Waals surface area contributed by atoms with Gasteiger partial charge in [-0.2, -0.15) is 0 Å². The molecule has 0 unspecified atom stereocenters. The van der Waals surface area contributed by atoms with Gasteiger partial charge in [-0.15, -0.1) is 11.3 Å². The number of hydrogen-bond acceptors (Lipinski definition) is 4. The van der Waals surface area contributed by atoms with Gasteiger partial charge in [0.15, 0.2) is 0 Å². The number of rotatable bonds is 4. The molecule has 2 aromatic rings. The van der Waals surface area contributed by atoms with E-state index in [1.165, 1.54) is 11.3 Å². The molecule has 6 heteroatoms. The molecule has 2 amide bonds. The first-order chi connectivity index (χ1) is 11.6. The highest BCUT2D eigenvalue weighted by Crippen LogP contribution is 2.14. The summed E-state index contributed by atoms with van der Waals surface area (Å²) in [4.78, 5) is 29.1. The zero-order chi connectivity index (χ0) is 16.9. The molecule has 1 aromatic heterocycles. The van der Waals surface area contributed by atoms with Crippen LogP contribution >= 0.6 is 11.3 Å². The summed E-state index contributed by atoms with van der Waals surface area (Å²) in [5.74, 6) is 0.00718. The Hall–Kier alpha value is -2.18. The van der Waals surface area contributed by atoms with Crippen molar-refractivity contribution in [1.82, 2.24) is 9.80 Å². The Balaban J connectivity index is 1.52. The maximum Gasteiger partial charge on any atom is 0.264 e. The number of benzene rings is 1. The number of piperazine rings is 1. The fourth-order valence-corrected chi connectivity index (χ4v) is 3.57. The second-order valence-electron chi connectivity index (χ2n) is 5.89. The molecule has 0 bridgehead atoms. The van der Waals surface area contributed by atoms with Crippen LogP contribution in [0.15, 0.2) is 47.8 Å². The van der Waals surface area contributed by atoms with E-state index < -0.39 is 6.04 Å². The summed E-state index contributed by atoms with van der Waals surface area (Å²) in [5, 5.41) is 1.90. The van der Waals surface area contributed by atoms with E-state index in [1.807, 2.05) is 47.8 Å². The first kappa shape index (κ1) is 16.7. The van der Waals surface area contributed by atoms with Crippen molar-refractivity contribution in [3.63, 3.8) is 0 Å². The van der Waals surface area contributed by atoms with Crippen LogP contribution in [-0.2, 0) is 11.2 Å². The number of thiophene rings is 1. The van der Waals surface area contributed by atoms with Crippen LogP contribution < -0.4 is 5.73 Å². The van der Waals surface area contributed by atoms with E-state index in [4.69, 9.17) is 5.73 Å². The Morgan fingerprint density at radius 1 is 1.00 bits per heavy atom. The quantitative estimate of drug-likeness (QED) is 0.917. The molecule has 126 valence electrons. The second kappa shape index (κ2) is 7.59. The minimum absolute atomic E-state index is 0.0397. The lowest BCUT2D eigenvalue weighted by molar-refractivity contribution is -0.134. The van der Waals surface area contributed by atoms with Crippen LogP contribution in [0, 0.1) is 0 Å². The molecule has 1 fully saturated rings. The van der Waals surface area contributed by atoms with Gasteiger partial charge < -0.3 is 15.5 Å². The largest absolute Gasteiger partial charge is 0.338 e. The number of nitrogens with two attached hydrogens (primary N) is 1. The van der Waals surface area contributed by atoms with Crippen LogP contribution in [0.3, 0.4) is 0 Å². The molecule has 5 nitrogen and oxygen atoms in total. The summed E-state index contributed by atoms with van der Waals surface area (Å²) >= 11 is 1.45. The third kappa shape index (κ3) is 3.83. The average molecular weight is 343 g/mol. The number of hydrogen-bond donors (Lipinski definition) is 1. The normalized spacial score (nSPS) is 16.0. The summed E-state index contributed by atoms with van der Waals surface area (Å²) in [6, 6.07) is 13.0. The molecule has 1 atom stereocenters. The van der Waals surface area contributed by atoms with E-state index >= 15 is 0 Å². The summed E-state index contributed by atoms with van der Waals surface area (Å²) in [5.41, 5.74) is 7.14. The smallest absolute Gasteiger partial charge is 0.264 e. The fraction of sp³-hybridized carbons (Fsp3) is 0.333. The topological polar surface area (TPSA) is 66.6 Å². The number of carbonyl (C=O) groups excluding carboxylic acids is 2. The molecule has 0 aliphatic carbocycles. The monoisotopic (exact) mass is 343 g/mol. The minimum atomic E-state index is -0.535. The first-order valence-electron chi connectivity index (χ1n) is 8.06. The number of amides is 2. The third-order valence-electron chi connectivity index (χ3n) is 4.23. The van der Waals surface area contributed by atoms with Crippen molar-refractivity contribution in [3.05, 3.63) is 58.3 Å². The predicted molar refractivity (Wildman–Crippen MR) is 94.9 cm³/mol. The molecule has 2 N–H and O–H groups in total. The van der Waals surface area contributed by atoms with Crippen molar-refractivity contribution in [2.24, 2.45) is 5.73 Å². The van der Waals surface area contributed by atoms with Crippen molar-refractivity contribution in [2.45, 2.75) is 12.5 Å². The van der Waals surface area contributed by atoms with E-state index in [1.54, 1.807) is 9.80 Å². The minimum Gasteiger partial charge on any atom is -0.338 e. The van der Waals surface area contributed by atoms with Gasteiger partial charge in [-0.1, -0.05) is 36.4 Å². The average Bonchev–Trinajstić information content (AvgIpc) is 3.16. The molecule has 1 aliphatic rings. The van der Waals surface area contributed by atoms with Crippen LogP contribution in [0.2, 0.25) is 0 Å². The summed E-state index contributed by atoms with van der Waals surface area (Å²) in [7, 11) is 0. The summed E-state index contributed by atoms with van der Waals surface area (Å²) in [6.45, 7) is 2.19. The first-order valence-corrected chi connectivity index (χ1v) is 8.94. The van der Waals surface area contributed by atoms with E-state index in [0.717, 1.165) is 10.4 Å². The van der Waals surface area contributed by atoms with Crippen LogP contribution in [0.25, 0.3) is 0 Å². The predicted octanol–water partition coefficient (Wildman–Crippen LogP) is 1.60. The van der Waals surface area contributed by atoms with E-state index in [2.05, 4.69) is 0 Å². The Labute approximate surface area is 145 Å². The molecule has 1 saturated heterocycles. The zero-order valence-corrected chi connectivity index (χ0v) is 14.2. The second-order valence-corrected chi connectivity index (χ2v) is 6.84. The molecule has 3 rings (SSSR count). The van der Waals surface area contributed by atoms with Gasteiger partial charge in [0.1, 0.15) is 0 Å². The highest BCUT2D eigenvalue weighted by Gasteiger charge is 2.27. The maximum absolute atomic E-state index is 12.5. The summed E-state index contributed by atoms with van der Waals surface area (Å²) < 4.78 is 0. The Morgan fingerprint density at radius 3 is 2.29 bits per heavy atom. The Bertz CT molecular complexity index is 680. The summed E-state index contributed by atoms with van der Waals surface area (Å²) in [6.07, 6.45) is 0.536.